The first-order valence-electron chi connectivity index (χ1n) is 6.26. The van der Waals surface area contributed by atoms with Crippen molar-refractivity contribution in [2.24, 2.45) is 0 Å². The minimum atomic E-state index is -1.00. The van der Waals surface area contributed by atoms with E-state index in [1.165, 1.54) is 18.5 Å². The zero-order chi connectivity index (χ0) is 15.6. The molecule has 20 heavy (non-hydrogen) atoms. The fourth-order valence-electron chi connectivity index (χ4n) is 2.33. The van der Waals surface area contributed by atoms with Crippen LogP contribution in [0.4, 0.5) is 0 Å². The van der Waals surface area contributed by atoms with Crippen LogP contribution >= 0.6 is 0 Å². The summed E-state index contributed by atoms with van der Waals surface area (Å²) in [5.74, 6) is -2.14. The van der Waals surface area contributed by atoms with Crippen LogP contribution < -0.4 is 11.0 Å². The maximum absolute atomic E-state index is 12.0. The van der Waals surface area contributed by atoms with Gasteiger partial charge in [-0.2, -0.15) is 4.98 Å². The van der Waals surface area contributed by atoms with Crippen molar-refractivity contribution in [1.82, 2.24) is 14.9 Å². The van der Waals surface area contributed by atoms with E-state index in [1.807, 2.05) is 0 Å². The van der Waals surface area contributed by atoms with Crippen LogP contribution in [0.3, 0.4) is 0 Å². The maximum atomic E-state index is 12.0. The topological polar surface area (TPSA) is 101 Å². The Bertz CT molecular complexity index is 606. The van der Waals surface area contributed by atoms with Crippen molar-refractivity contribution in [3.63, 3.8) is 0 Å². The molecule has 0 fully saturated rings. The predicted molar refractivity (Wildman–Crippen MR) is 72.8 cm³/mol. The number of nitrogens with zero attached hydrogens (tertiary/aromatic N) is 2. The smallest absolute Gasteiger partial charge is 0.348 e. The summed E-state index contributed by atoms with van der Waals surface area (Å²) in [6.45, 7) is 6.32. The molecule has 0 bridgehead atoms. The van der Waals surface area contributed by atoms with Gasteiger partial charge in [-0.05, 0) is 27.7 Å². The van der Waals surface area contributed by atoms with Crippen LogP contribution in [-0.4, -0.2) is 33.6 Å². The average Bonchev–Trinajstić information content (AvgIpc) is 2.36. The van der Waals surface area contributed by atoms with Gasteiger partial charge in [-0.25, -0.2) is 4.79 Å². The van der Waals surface area contributed by atoms with Crippen LogP contribution in [0.25, 0.3) is 0 Å². The molecular weight excluding hydrogens is 262 g/mol. The van der Waals surface area contributed by atoms with Gasteiger partial charge in [0.15, 0.2) is 0 Å². The van der Waals surface area contributed by atoms with Crippen LogP contribution in [-0.2, 0) is 9.59 Å². The highest BCUT2D eigenvalue weighted by Crippen LogP contribution is 2.22. The molecule has 2 atom stereocenters. The molecule has 2 N–H and O–H groups in total. The molecule has 0 aliphatic carbocycles. The number of hydrogen-bond donors (Lipinski definition) is 2. The molecule has 0 saturated heterocycles. The highest BCUT2D eigenvalue weighted by molar-refractivity contribution is 5.80. The van der Waals surface area contributed by atoms with Crippen molar-refractivity contribution >= 4 is 11.9 Å². The summed E-state index contributed by atoms with van der Waals surface area (Å²) in [5, 5.41) is 11.6. The van der Waals surface area contributed by atoms with Gasteiger partial charge in [-0.1, -0.05) is 0 Å². The van der Waals surface area contributed by atoms with E-state index in [0.717, 1.165) is 0 Å². The van der Waals surface area contributed by atoms with E-state index in [9.17, 15) is 14.4 Å². The van der Waals surface area contributed by atoms with Crippen LogP contribution in [0.15, 0.2) is 4.79 Å². The Morgan fingerprint density at radius 3 is 2.30 bits per heavy atom. The van der Waals surface area contributed by atoms with Crippen molar-refractivity contribution in [3.8, 4) is 0 Å². The Morgan fingerprint density at radius 2 is 1.85 bits per heavy atom. The Kier molecular flexibility index (Phi) is 4.65. The molecule has 1 aromatic rings. The summed E-state index contributed by atoms with van der Waals surface area (Å²) in [7, 11) is 1.47. The van der Waals surface area contributed by atoms with Crippen LogP contribution in [0.5, 0.6) is 0 Å². The average molecular weight is 281 g/mol. The SMILES string of the molecule is CNC(=O)C(C)n1c(C)c(C(C)C(=O)O)c(C)nc1=O. The first-order valence-corrected chi connectivity index (χ1v) is 6.26. The number of carboxylic acids is 1. The van der Waals surface area contributed by atoms with Crippen LogP contribution in [0.1, 0.15) is 42.8 Å². The molecule has 0 spiro atoms. The van der Waals surface area contributed by atoms with Gasteiger partial charge < -0.3 is 10.4 Å². The molecule has 2 unspecified atom stereocenters. The molecule has 0 aliphatic heterocycles. The Hall–Kier alpha value is -2.18. The first kappa shape index (κ1) is 15.9. The highest BCUT2D eigenvalue weighted by atomic mass is 16.4. The third-order valence-corrected chi connectivity index (χ3v) is 3.43. The zero-order valence-corrected chi connectivity index (χ0v) is 12.2. The number of rotatable bonds is 4. The largest absolute Gasteiger partial charge is 0.481 e. The summed E-state index contributed by atoms with van der Waals surface area (Å²) in [4.78, 5) is 38.7. The van der Waals surface area contributed by atoms with E-state index in [0.29, 0.717) is 17.0 Å². The minimum absolute atomic E-state index is 0.338. The van der Waals surface area contributed by atoms with Gasteiger partial charge in [0, 0.05) is 24.0 Å². The lowest BCUT2D eigenvalue weighted by atomic mass is 9.98. The van der Waals surface area contributed by atoms with E-state index in [4.69, 9.17) is 5.11 Å². The summed E-state index contributed by atoms with van der Waals surface area (Å²) in [6.07, 6.45) is 0. The number of aliphatic carboxylic acids is 1. The fraction of sp³-hybridized carbons (Fsp3) is 0.538. The van der Waals surface area contributed by atoms with Gasteiger partial charge in [0.1, 0.15) is 6.04 Å². The molecule has 1 aromatic heterocycles. The van der Waals surface area contributed by atoms with E-state index < -0.39 is 23.6 Å². The Labute approximate surface area is 116 Å². The molecule has 7 nitrogen and oxygen atoms in total. The van der Waals surface area contributed by atoms with Crippen LogP contribution in [0.2, 0.25) is 0 Å². The molecule has 1 rings (SSSR count). The van der Waals surface area contributed by atoms with E-state index in [1.54, 1.807) is 20.8 Å². The summed E-state index contributed by atoms with van der Waals surface area (Å²) < 4.78 is 1.22. The maximum Gasteiger partial charge on any atom is 0.348 e. The lowest BCUT2D eigenvalue weighted by Crippen LogP contribution is -2.38. The van der Waals surface area contributed by atoms with Gasteiger partial charge >= 0.3 is 11.7 Å². The summed E-state index contributed by atoms with van der Waals surface area (Å²) in [5.41, 5.74) is 0.738. The number of hydrogen-bond acceptors (Lipinski definition) is 4. The number of carbonyl (C=O) groups excluding carboxylic acids is 1. The zero-order valence-electron chi connectivity index (χ0n) is 12.2. The number of aryl methyl sites for hydroxylation is 1. The van der Waals surface area contributed by atoms with Crippen molar-refractivity contribution in [3.05, 3.63) is 27.4 Å². The van der Waals surface area contributed by atoms with E-state index in [-0.39, 0.29) is 5.91 Å². The van der Waals surface area contributed by atoms with Gasteiger partial charge in [-0.3, -0.25) is 14.2 Å². The van der Waals surface area contributed by atoms with Crippen molar-refractivity contribution < 1.29 is 14.7 Å². The summed E-state index contributed by atoms with van der Waals surface area (Å²) >= 11 is 0. The monoisotopic (exact) mass is 281 g/mol. The van der Waals surface area contributed by atoms with Crippen molar-refractivity contribution in [2.45, 2.75) is 39.7 Å². The standard InChI is InChI=1S/C13H19N3O4/c1-6(12(18)19)10-7(2)15-13(20)16(8(10)3)9(4)11(17)14-5/h6,9H,1-5H3,(H,14,17)(H,18,19). The minimum Gasteiger partial charge on any atom is -0.481 e. The second kappa shape index (κ2) is 5.85. The first-order chi connectivity index (χ1) is 9.22. The molecule has 0 aromatic carbocycles. The molecule has 1 amide bonds. The number of carbonyl (C=O) groups is 2. The van der Waals surface area contributed by atoms with E-state index in [2.05, 4.69) is 10.3 Å². The number of aromatic nitrogens is 2. The summed E-state index contributed by atoms with van der Waals surface area (Å²) in [6, 6.07) is -0.750. The van der Waals surface area contributed by atoms with Gasteiger partial charge in [0.05, 0.1) is 5.92 Å². The third-order valence-electron chi connectivity index (χ3n) is 3.43. The third kappa shape index (κ3) is 2.71. The molecule has 1 heterocycles. The van der Waals surface area contributed by atoms with Gasteiger partial charge in [0.25, 0.3) is 0 Å². The van der Waals surface area contributed by atoms with E-state index >= 15 is 0 Å². The lowest BCUT2D eigenvalue weighted by molar-refractivity contribution is -0.138. The highest BCUT2D eigenvalue weighted by Gasteiger charge is 2.25. The molecule has 0 aliphatic rings. The molecule has 7 heteroatoms. The normalized spacial score (nSPS) is 13.7. The Morgan fingerprint density at radius 1 is 1.30 bits per heavy atom. The quantitative estimate of drug-likeness (QED) is 0.829. The number of likely N-dealkylation sites (N-methyl/N-ethyl adjacent to an activating group) is 1. The number of carboxylic acid groups (broad SMARTS) is 1. The molecule has 110 valence electrons. The second-order valence-corrected chi connectivity index (χ2v) is 4.70. The lowest BCUT2D eigenvalue weighted by Gasteiger charge is -2.21. The van der Waals surface area contributed by atoms with Gasteiger partial charge in [0.2, 0.25) is 5.91 Å². The number of nitrogens with one attached hydrogen (secondary N) is 1. The Balaban J connectivity index is 3.56. The molecule has 0 saturated carbocycles. The predicted octanol–water partition coefficient (Wildman–Crippen LogP) is 0.355. The van der Waals surface area contributed by atoms with Crippen molar-refractivity contribution in [1.29, 1.82) is 0 Å². The fourth-order valence-corrected chi connectivity index (χ4v) is 2.33. The number of amides is 1. The molecule has 0 radical (unpaired) electrons. The van der Waals surface area contributed by atoms with Gasteiger partial charge in [-0.15, -0.1) is 0 Å². The second-order valence-electron chi connectivity index (χ2n) is 4.70. The van der Waals surface area contributed by atoms with Crippen molar-refractivity contribution in [2.75, 3.05) is 7.05 Å². The van der Waals surface area contributed by atoms with Crippen LogP contribution in [0, 0.1) is 13.8 Å². The molecular formula is C13H19N3O4.